The second-order valence-corrected chi connectivity index (χ2v) is 10.0. The Morgan fingerprint density at radius 3 is 2.49 bits per heavy atom. The molecule has 0 bridgehead atoms. The summed E-state index contributed by atoms with van der Waals surface area (Å²) in [4.78, 5) is 22.4. The first-order valence-electron chi connectivity index (χ1n) is 10.7. The first kappa shape index (κ1) is 26.1. The lowest BCUT2D eigenvalue weighted by Gasteiger charge is -2.38. The van der Waals surface area contributed by atoms with Crippen LogP contribution in [0.15, 0.2) is 72.3 Å². The standard InChI is InChI=1S/C24H20F4N4O4S/c1-36-19-9-2-5-16(20(19)25)21(32-18-8-3-7-17-15(18)6-4-10-29-17)23(13-33,24(26,27)28)14-37(34,35)22-30-11-12-31-22/h2-13,21,32H,14H2,1H3,(H,30,31). The number of sulfone groups is 1. The third-order valence-corrected chi connectivity index (χ3v) is 7.59. The largest absolute Gasteiger partial charge is 0.494 e. The Kier molecular flexibility index (Phi) is 6.91. The van der Waals surface area contributed by atoms with E-state index in [-0.39, 0.29) is 11.4 Å². The number of hydrogen-bond donors (Lipinski definition) is 2. The number of H-pyrrole nitrogens is 1. The van der Waals surface area contributed by atoms with Crippen LogP contribution in [0.5, 0.6) is 5.75 Å². The molecule has 0 fully saturated rings. The summed E-state index contributed by atoms with van der Waals surface area (Å²) in [7, 11) is -3.69. The molecule has 0 amide bonds. The Morgan fingerprint density at radius 1 is 1.08 bits per heavy atom. The minimum Gasteiger partial charge on any atom is -0.494 e. The smallest absolute Gasteiger partial charge is 0.404 e. The summed E-state index contributed by atoms with van der Waals surface area (Å²) in [5.41, 5.74) is -3.80. The molecule has 2 unspecified atom stereocenters. The van der Waals surface area contributed by atoms with Crippen LogP contribution < -0.4 is 10.1 Å². The fourth-order valence-electron chi connectivity index (χ4n) is 4.08. The maximum Gasteiger partial charge on any atom is 0.404 e. The number of hydrogen-bond acceptors (Lipinski definition) is 7. The molecule has 2 aromatic heterocycles. The van der Waals surface area contributed by atoms with Crippen molar-refractivity contribution in [1.29, 1.82) is 0 Å². The van der Waals surface area contributed by atoms with Gasteiger partial charge in [0.1, 0.15) is 6.29 Å². The minimum atomic E-state index is -5.45. The molecule has 0 aliphatic heterocycles. The Bertz CT molecular complexity index is 1520. The average Bonchev–Trinajstić information content (AvgIpc) is 3.42. The van der Waals surface area contributed by atoms with Crippen LogP contribution in [0.2, 0.25) is 0 Å². The van der Waals surface area contributed by atoms with Gasteiger partial charge < -0.3 is 19.8 Å². The van der Waals surface area contributed by atoms with E-state index in [1.807, 2.05) is 0 Å². The predicted octanol–water partition coefficient (Wildman–Crippen LogP) is 4.48. The zero-order chi connectivity index (χ0) is 26.8. The van der Waals surface area contributed by atoms with Gasteiger partial charge >= 0.3 is 6.18 Å². The third-order valence-electron chi connectivity index (χ3n) is 5.92. The summed E-state index contributed by atoms with van der Waals surface area (Å²) in [5.74, 6) is -3.33. The molecule has 2 N–H and O–H groups in total. The zero-order valence-corrected chi connectivity index (χ0v) is 20.0. The van der Waals surface area contributed by atoms with E-state index in [1.165, 1.54) is 30.5 Å². The Balaban J connectivity index is 1.99. The maximum absolute atomic E-state index is 15.5. The van der Waals surface area contributed by atoms with Crippen molar-refractivity contribution in [2.45, 2.75) is 17.4 Å². The number of imidazole rings is 1. The molecule has 0 radical (unpaired) electrons. The van der Waals surface area contributed by atoms with E-state index in [2.05, 4.69) is 20.3 Å². The van der Waals surface area contributed by atoms with Crippen molar-refractivity contribution in [3.8, 4) is 5.75 Å². The lowest BCUT2D eigenvalue weighted by atomic mass is 9.78. The van der Waals surface area contributed by atoms with Gasteiger partial charge in [0.25, 0.3) is 0 Å². The molecule has 2 heterocycles. The highest BCUT2D eigenvalue weighted by Gasteiger charge is 2.63. The maximum atomic E-state index is 15.5. The van der Waals surface area contributed by atoms with Crippen LogP contribution in [-0.4, -0.2) is 48.7 Å². The summed E-state index contributed by atoms with van der Waals surface area (Å²) in [6.45, 7) is 0. The van der Waals surface area contributed by atoms with Crippen molar-refractivity contribution in [3.05, 3.63) is 78.5 Å². The van der Waals surface area contributed by atoms with Gasteiger partial charge in [-0.3, -0.25) is 4.98 Å². The molecule has 0 saturated heterocycles. The van der Waals surface area contributed by atoms with E-state index in [9.17, 15) is 26.4 Å². The number of anilines is 1. The first-order chi connectivity index (χ1) is 17.5. The number of ether oxygens (including phenoxy) is 1. The number of alkyl halides is 3. The van der Waals surface area contributed by atoms with Crippen molar-refractivity contribution in [2.75, 3.05) is 18.2 Å². The van der Waals surface area contributed by atoms with Gasteiger partial charge in [-0.25, -0.2) is 17.8 Å². The van der Waals surface area contributed by atoms with Crippen molar-refractivity contribution >= 4 is 32.7 Å². The molecule has 0 aliphatic rings. The molecule has 4 aromatic rings. The Labute approximate surface area is 208 Å². The second-order valence-electron chi connectivity index (χ2n) is 8.13. The van der Waals surface area contributed by atoms with Crippen LogP contribution in [0, 0.1) is 11.2 Å². The van der Waals surface area contributed by atoms with Crippen LogP contribution in [0.25, 0.3) is 10.9 Å². The number of fused-ring (bicyclic) bond motifs is 1. The third kappa shape index (κ3) is 4.73. The van der Waals surface area contributed by atoms with E-state index in [0.29, 0.717) is 10.9 Å². The van der Waals surface area contributed by atoms with Gasteiger partial charge in [0.2, 0.25) is 15.0 Å². The first-order valence-corrected chi connectivity index (χ1v) is 12.4. The number of rotatable bonds is 9. The topological polar surface area (TPSA) is 114 Å². The normalized spacial score (nSPS) is 14.6. The SMILES string of the molecule is COc1cccc(C(Nc2cccc3ncccc23)C(C=O)(CS(=O)(=O)c2ncc[nH]2)C(F)(F)F)c1F. The number of methoxy groups -OCH3 is 1. The predicted molar refractivity (Wildman–Crippen MR) is 126 cm³/mol. The van der Waals surface area contributed by atoms with Crippen LogP contribution in [0.3, 0.4) is 0 Å². The molecule has 8 nitrogen and oxygen atoms in total. The molecule has 37 heavy (non-hydrogen) atoms. The Hall–Kier alpha value is -4.00. The highest BCUT2D eigenvalue weighted by molar-refractivity contribution is 7.91. The number of nitrogens with one attached hydrogen (secondary N) is 2. The summed E-state index contributed by atoms with van der Waals surface area (Å²) < 4.78 is 91.1. The van der Waals surface area contributed by atoms with Crippen molar-refractivity contribution in [3.63, 3.8) is 0 Å². The summed E-state index contributed by atoms with van der Waals surface area (Å²) in [5, 5.41) is 2.22. The lowest BCUT2D eigenvalue weighted by molar-refractivity contribution is -0.212. The highest BCUT2D eigenvalue weighted by Crippen LogP contribution is 2.50. The molecule has 0 spiro atoms. The average molecular weight is 537 g/mol. The van der Waals surface area contributed by atoms with Gasteiger partial charge in [-0.05, 0) is 30.3 Å². The summed E-state index contributed by atoms with van der Waals surface area (Å²) in [6.07, 6.45) is -2.32. The van der Waals surface area contributed by atoms with E-state index in [4.69, 9.17) is 4.74 Å². The van der Waals surface area contributed by atoms with Gasteiger partial charge in [-0.15, -0.1) is 0 Å². The zero-order valence-electron chi connectivity index (χ0n) is 19.2. The van der Waals surface area contributed by atoms with Crippen molar-refractivity contribution in [1.82, 2.24) is 15.0 Å². The fraction of sp³-hybridized carbons (Fsp3) is 0.208. The van der Waals surface area contributed by atoms with E-state index in [1.54, 1.807) is 18.2 Å². The fourth-order valence-corrected chi connectivity index (χ4v) is 5.71. The molecule has 2 atom stereocenters. The molecule has 0 aliphatic carbocycles. The number of carbonyl (C=O) groups is 1. The van der Waals surface area contributed by atoms with Crippen LogP contribution in [-0.2, 0) is 14.6 Å². The van der Waals surface area contributed by atoms with E-state index >= 15 is 4.39 Å². The number of halogens is 4. The lowest BCUT2D eigenvalue weighted by Crippen LogP contribution is -2.52. The Morgan fingerprint density at radius 2 is 1.84 bits per heavy atom. The van der Waals surface area contributed by atoms with Gasteiger partial charge in [0.05, 0.1) is 24.4 Å². The van der Waals surface area contributed by atoms with Gasteiger partial charge in [-0.1, -0.05) is 18.2 Å². The van der Waals surface area contributed by atoms with Crippen LogP contribution >= 0.6 is 0 Å². The van der Waals surface area contributed by atoms with E-state index < -0.39 is 56.0 Å². The number of aromatic nitrogens is 3. The van der Waals surface area contributed by atoms with Gasteiger partial charge in [0.15, 0.2) is 17.0 Å². The second kappa shape index (κ2) is 9.81. The molecule has 2 aromatic carbocycles. The van der Waals surface area contributed by atoms with E-state index in [0.717, 1.165) is 25.6 Å². The minimum absolute atomic E-state index is 0.0729. The molecular formula is C24H20F4N4O4S. The van der Waals surface area contributed by atoms with Crippen molar-refractivity contribution in [2.24, 2.45) is 5.41 Å². The number of aromatic amines is 1. The molecular weight excluding hydrogens is 516 g/mol. The number of pyridine rings is 1. The van der Waals surface area contributed by atoms with Crippen molar-refractivity contribution < 1.29 is 35.5 Å². The number of aldehydes is 1. The summed E-state index contributed by atoms with van der Waals surface area (Å²) in [6, 6.07) is 8.87. The van der Waals surface area contributed by atoms with Crippen LogP contribution in [0.4, 0.5) is 23.2 Å². The van der Waals surface area contributed by atoms with Gasteiger partial charge in [0, 0.05) is 35.2 Å². The monoisotopic (exact) mass is 536 g/mol. The summed E-state index contributed by atoms with van der Waals surface area (Å²) >= 11 is 0. The number of nitrogens with zero attached hydrogens (tertiary/aromatic N) is 2. The van der Waals surface area contributed by atoms with Crippen LogP contribution in [0.1, 0.15) is 11.6 Å². The molecule has 13 heteroatoms. The molecule has 194 valence electrons. The molecule has 0 saturated carbocycles. The van der Waals surface area contributed by atoms with Gasteiger partial charge in [-0.2, -0.15) is 13.2 Å². The molecule has 4 rings (SSSR count). The number of carbonyl (C=O) groups excluding carboxylic acids is 1. The highest BCUT2D eigenvalue weighted by atomic mass is 32.2. The quantitative estimate of drug-likeness (QED) is 0.240. The number of benzene rings is 2.